The van der Waals surface area contributed by atoms with Crippen molar-refractivity contribution in [1.29, 1.82) is 0 Å². The first kappa shape index (κ1) is 30.2. The van der Waals surface area contributed by atoms with Crippen LogP contribution in [0.3, 0.4) is 0 Å². The summed E-state index contributed by atoms with van der Waals surface area (Å²) in [7, 11) is -4.12. The van der Waals surface area contributed by atoms with Crippen molar-refractivity contribution in [3.63, 3.8) is 0 Å². The van der Waals surface area contributed by atoms with Crippen molar-refractivity contribution in [2.45, 2.75) is 17.4 Å². The van der Waals surface area contributed by atoms with Crippen molar-refractivity contribution < 1.29 is 27.9 Å². The van der Waals surface area contributed by atoms with Gasteiger partial charge in [0, 0.05) is 30.2 Å². The van der Waals surface area contributed by atoms with E-state index in [9.17, 15) is 23.1 Å². The number of nitrogens with one attached hydrogen (secondary N) is 2. The standard InChI is InChI=1S/C31H29BrN4O6S/c32-24-10-12-27(35-43(40,41)25-11-13-29(33-20-25)36-14-16-42-17-15-36)26(19-24)30(37)34-28(31(38)39)18-21-6-8-23(9-7-21)22-4-2-1-3-5-22/h1-13,19-20,28,35H,14-18H2,(H,34,37)(H,38,39). The molecule has 10 nitrogen and oxygen atoms in total. The fourth-order valence-electron chi connectivity index (χ4n) is 4.64. The van der Waals surface area contributed by atoms with E-state index in [1.807, 2.05) is 59.5 Å². The summed E-state index contributed by atoms with van der Waals surface area (Å²) < 4.78 is 34.8. The third-order valence-corrected chi connectivity index (χ3v) is 8.78. The highest BCUT2D eigenvalue weighted by Gasteiger charge is 2.25. The molecule has 1 fully saturated rings. The fraction of sp³-hybridized carbons (Fsp3) is 0.194. The van der Waals surface area contributed by atoms with E-state index in [-0.39, 0.29) is 22.6 Å². The van der Waals surface area contributed by atoms with E-state index < -0.39 is 27.9 Å². The molecule has 0 aliphatic carbocycles. The second kappa shape index (κ2) is 13.4. The maximum Gasteiger partial charge on any atom is 0.326 e. The molecule has 0 radical (unpaired) electrons. The number of amides is 1. The van der Waals surface area contributed by atoms with Crippen LogP contribution >= 0.6 is 15.9 Å². The van der Waals surface area contributed by atoms with Crippen LogP contribution in [0.1, 0.15) is 15.9 Å². The first-order valence-electron chi connectivity index (χ1n) is 13.5. The molecule has 0 bridgehead atoms. The van der Waals surface area contributed by atoms with Crippen molar-refractivity contribution in [2.24, 2.45) is 0 Å². The molecule has 5 rings (SSSR count). The number of benzene rings is 3. The number of carbonyl (C=O) groups excluding carboxylic acids is 1. The van der Waals surface area contributed by atoms with Gasteiger partial charge in [-0.15, -0.1) is 0 Å². The van der Waals surface area contributed by atoms with Crippen LogP contribution in [0.5, 0.6) is 0 Å². The Morgan fingerprint density at radius 3 is 2.30 bits per heavy atom. The third kappa shape index (κ3) is 7.58. The van der Waals surface area contributed by atoms with Gasteiger partial charge in [0.1, 0.15) is 16.8 Å². The van der Waals surface area contributed by atoms with Crippen molar-refractivity contribution in [2.75, 3.05) is 35.9 Å². The molecular formula is C31H29BrN4O6S. The van der Waals surface area contributed by atoms with Crippen LogP contribution < -0.4 is 14.9 Å². The van der Waals surface area contributed by atoms with E-state index >= 15 is 0 Å². The zero-order valence-corrected chi connectivity index (χ0v) is 25.3. The van der Waals surface area contributed by atoms with Gasteiger partial charge < -0.3 is 20.1 Å². The van der Waals surface area contributed by atoms with E-state index in [1.54, 1.807) is 12.1 Å². The number of halogens is 1. The van der Waals surface area contributed by atoms with Crippen LogP contribution in [0.15, 0.2) is 100 Å². The number of pyridine rings is 1. The van der Waals surface area contributed by atoms with Crippen LogP contribution in [0, 0.1) is 0 Å². The highest BCUT2D eigenvalue weighted by atomic mass is 79.9. The molecule has 1 unspecified atom stereocenters. The van der Waals surface area contributed by atoms with Gasteiger partial charge in [0.05, 0.1) is 24.5 Å². The van der Waals surface area contributed by atoms with Crippen LogP contribution in [0.25, 0.3) is 11.1 Å². The molecule has 1 aliphatic rings. The fourth-order valence-corrected chi connectivity index (χ4v) is 6.03. The Balaban J connectivity index is 1.31. The van der Waals surface area contributed by atoms with E-state index in [4.69, 9.17) is 4.74 Å². The van der Waals surface area contributed by atoms with Crippen molar-refractivity contribution in [3.8, 4) is 11.1 Å². The van der Waals surface area contributed by atoms with Crippen LogP contribution in [0.2, 0.25) is 0 Å². The second-order valence-electron chi connectivity index (χ2n) is 9.88. The zero-order chi connectivity index (χ0) is 30.4. The van der Waals surface area contributed by atoms with Gasteiger partial charge in [-0.25, -0.2) is 18.2 Å². The summed E-state index contributed by atoms with van der Waals surface area (Å²) in [6, 6.07) is 23.5. The number of morpholine rings is 1. The number of anilines is 2. The minimum Gasteiger partial charge on any atom is -0.480 e. The molecule has 0 spiro atoms. The summed E-state index contributed by atoms with van der Waals surface area (Å²) in [6.07, 6.45) is 1.29. The van der Waals surface area contributed by atoms with Crippen molar-refractivity contribution >= 4 is 49.3 Å². The molecule has 43 heavy (non-hydrogen) atoms. The minimum absolute atomic E-state index is 0.00527. The predicted molar refractivity (Wildman–Crippen MR) is 167 cm³/mol. The molecule has 1 aliphatic heterocycles. The minimum atomic E-state index is -4.12. The number of carbonyl (C=O) groups is 2. The number of carboxylic acids is 1. The maximum atomic E-state index is 13.3. The van der Waals surface area contributed by atoms with Gasteiger partial charge in [-0.1, -0.05) is 70.5 Å². The van der Waals surface area contributed by atoms with Crippen LogP contribution in [-0.4, -0.2) is 62.7 Å². The molecular weight excluding hydrogens is 636 g/mol. The lowest BCUT2D eigenvalue weighted by Gasteiger charge is -2.27. The number of hydrogen-bond acceptors (Lipinski definition) is 7. The van der Waals surface area contributed by atoms with Gasteiger partial charge in [-0.05, 0) is 47.0 Å². The number of rotatable bonds is 10. The van der Waals surface area contributed by atoms with E-state index in [2.05, 4.69) is 31.0 Å². The normalized spacial score (nSPS) is 14.1. The number of carboxylic acid groups (broad SMARTS) is 1. The number of ether oxygens (including phenoxy) is 1. The monoisotopic (exact) mass is 664 g/mol. The first-order valence-corrected chi connectivity index (χ1v) is 15.8. The van der Waals surface area contributed by atoms with Gasteiger partial charge >= 0.3 is 5.97 Å². The molecule has 1 atom stereocenters. The number of sulfonamides is 1. The quantitative estimate of drug-likeness (QED) is 0.224. The van der Waals surface area contributed by atoms with Crippen molar-refractivity contribution in [3.05, 3.63) is 107 Å². The summed E-state index contributed by atoms with van der Waals surface area (Å²) in [4.78, 5) is 31.7. The zero-order valence-electron chi connectivity index (χ0n) is 22.9. The van der Waals surface area contributed by atoms with Gasteiger partial charge in [0.25, 0.3) is 15.9 Å². The number of nitrogens with zero attached hydrogens (tertiary/aromatic N) is 2. The molecule has 3 N–H and O–H groups in total. The number of aromatic nitrogens is 1. The van der Waals surface area contributed by atoms with E-state index in [0.29, 0.717) is 36.6 Å². The summed E-state index contributed by atoms with van der Waals surface area (Å²) in [6.45, 7) is 2.46. The summed E-state index contributed by atoms with van der Waals surface area (Å²) in [5.41, 5.74) is 2.69. The average Bonchev–Trinajstić information content (AvgIpc) is 3.02. The molecule has 1 saturated heterocycles. The molecule has 222 valence electrons. The smallest absolute Gasteiger partial charge is 0.326 e. The van der Waals surface area contributed by atoms with E-state index in [1.165, 1.54) is 24.4 Å². The summed E-state index contributed by atoms with van der Waals surface area (Å²) in [5, 5.41) is 12.4. The molecule has 4 aromatic rings. The predicted octanol–water partition coefficient (Wildman–Crippen LogP) is 4.57. The second-order valence-corrected chi connectivity index (χ2v) is 12.5. The third-order valence-electron chi connectivity index (χ3n) is 6.94. The highest BCUT2D eigenvalue weighted by molar-refractivity contribution is 9.10. The van der Waals surface area contributed by atoms with Crippen LogP contribution in [0.4, 0.5) is 11.5 Å². The average molecular weight is 666 g/mol. The van der Waals surface area contributed by atoms with Gasteiger partial charge in [-0.2, -0.15) is 0 Å². The van der Waals surface area contributed by atoms with Crippen molar-refractivity contribution in [1.82, 2.24) is 10.3 Å². The molecule has 2 heterocycles. The lowest BCUT2D eigenvalue weighted by Crippen LogP contribution is -2.42. The lowest BCUT2D eigenvalue weighted by atomic mass is 10.0. The molecule has 12 heteroatoms. The van der Waals surface area contributed by atoms with Gasteiger partial charge in [0.15, 0.2) is 0 Å². The first-order chi connectivity index (χ1) is 20.7. The Labute approximate surface area is 257 Å². The van der Waals surface area contributed by atoms with Gasteiger partial charge in [-0.3, -0.25) is 9.52 Å². The topological polar surface area (TPSA) is 138 Å². The lowest BCUT2D eigenvalue weighted by molar-refractivity contribution is -0.139. The summed E-state index contributed by atoms with van der Waals surface area (Å²) in [5.74, 6) is -1.32. The Morgan fingerprint density at radius 2 is 1.65 bits per heavy atom. The Hall–Kier alpha value is -4.26. The number of hydrogen-bond donors (Lipinski definition) is 3. The Bertz CT molecular complexity index is 1700. The molecule has 0 saturated carbocycles. The SMILES string of the molecule is O=C(NC(Cc1ccc(-c2ccccc2)cc1)C(=O)O)c1cc(Br)ccc1NS(=O)(=O)c1ccc(N2CCOCC2)nc1. The largest absolute Gasteiger partial charge is 0.480 e. The van der Waals surface area contributed by atoms with E-state index in [0.717, 1.165) is 16.7 Å². The summed E-state index contributed by atoms with van der Waals surface area (Å²) >= 11 is 3.31. The Morgan fingerprint density at radius 1 is 0.953 bits per heavy atom. The molecule has 1 aromatic heterocycles. The van der Waals surface area contributed by atoms with Crippen LogP contribution in [-0.2, 0) is 26.0 Å². The van der Waals surface area contributed by atoms with Gasteiger partial charge in [0.2, 0.25) is 0 Å². The maximum absolute atomic E-state index is 13.3. The molecule has 1 amide bonds. The highest BCUT2D eigenvalue weighted by Crippen LogP contribution is 2.25. The Kier molecular flexibility index (Phi) is 9.39. The molecule has 3 aromatic carbocycles. The number of aliphatic carboxylic acids is 1.